The predicted octanol–water partition coefficient (Wildman–Crippen LogP) is 2.45. The summed E-state index contributed by atoms with van der Waals surface area (Å²) in [6, 6.07) is 4.27. The van der Waals surface area contributed by atoms with Crippen molar-refractivity contribution in [1.82, 2.24) is 10.2 Å². The number of amides is 1. The lowest BCUT2D eigenvalue weighted by Crippen LogP contribution is -2.43. The van der Waals surface area contributed by atoms with Crippen molar-refractivity contribution in [2.75, 3.05) is 33.4 Å². The Labute approximate surface area is 135 Å². The van der Waals surface area contributed by atoms with E-state index in [0.717, 1.165) is 24.9 Å². The number of ether oxygens (including phenoxy) is 1. The number of methoxy groups -OCH3 is 1. The molecule has 2 rings (SSSR count). The molecule has 1 aromatic rings. The van der Waals surface area contributed by atoms with Crippen LogP contribution in [0.5, 0.6) is 0 Å². The molecular weight excluding hydrogens is 307 g/mol. The van der Waals surface area contributed by atoms with Crippen molar-refractivity contribution in [2.45, 2.75) is 19.4 Å². The molecule has 0 spiro atoms. The fourth-order valence-electron chi connectivity index (χ4n) is 2.64. The van der Waals surface area contributed by atoms with Gasteiger partial charge in [0.15, 0.2) is 0 Å². The molecule has 0 radical (unpaired) electrons. The molecule has 1 aliphatic heterocycles. The van der Waals surface area contributed by atoms with E-state index in [4.69, 9.17) is 16.3 Å². The average molecular weight is 329 g/mol. The molecule has 1 fully saturated rings. The summed E-state index contributed by atoms with van der Waals surface area (Å²) in [5.74, 6) is -0.283. The maximum atomic E-state index is 13.1. The SMILES string of the molecule is COCCN(Cc1ccc(F)cc1Cl)C(=O)C1CCCNC1. The van der Waals surface area contributed by atoms with E-state index >= 15 is 0 Å². The molecule has 0 saturated carbocycles. The molecule has 0 aliphatic carbocycles. The summed E-state index contributed by atoms with van der Waals surface area (Å²) >= 11 is 6.08. The number of hydrogen-bond donors (Lipinski definition) is 1. The Morgan fingerprint density at radius 1 is 1.55 bits per heavy atom. The number of carbonyl (C=O) groups is 1. The molecule has 0 bridgehead atoms. The Kier molecular flexibility index (Phi) is 6.61. The van der Waals surface area contributed by atoms with E-state index < -0.39 is 0 Å². The van der Waals surface area contributed by atoms with E-state index in [2.05, 4.69) is 5.32 Å². The highest BCUT2D eigenvalue weighted by Gasteiger charge is 2.26. The van der Waals surface area contributed by atoms with Crippen LogP contribution < -0.4 is 5.32 Å². The zero-order chi connectivity index (χ0) is 15.9. The summed E-state index contributed by atoms with van der Waals surface area (Å²) in [6.07, 6.45) is 1.90. The Morgan fingerprint density at radius 3 is 3.00 bits per heavy atom. The first-order valence-corrected chi connectivity index (χ1v) is 7.92. The van der Waals surface area contributed by atoms with Crippen LogP contribution in [0.3, 0.4) is 0 Å². The minimum atomic E-state index is -0.375. The summed E-state index contributed by atoms with van der Waals surface area (Å²) in [5.41, 5.74) is 0.747. The summed E-state index contributed by atoms with van der Waals surface area (Å²) in [6.45, 7) is 3.01. The van der Waals surface area contributed by atoms with Crippen LogP contribution in [0.25, 0.3) is 0 Å². The lowest BCUT2D eigenvalue weighted by atomic mass is 9.98. The van der Waals surface area contributed by atoms with Crippen molar-refractivity contribution in [3.8, 4) is 0 Å². The third-order valence-corrected chi connectivity index (χ3v) is 4.25. The fourth-order valence-corrected chi connectivity index (χ4v) is 2.87. The van der Waals surface area contributed by atoms with Crippen molar-refractivity contribution in [1.29, 1.82) is 0 Å². The highest BCUT2D eigenvalue weighted by molar-refractivity contribution is 6.31. The summed E-state index contributed by atoms with van der Waals surface area (Å²) < 4.78 is 18.2. The molecule has 6 heteroatoms. The van der Waals surface area contributed by atoms with Crippen LogP contribution in [-0.2, 0) is 16.1 Å². The van der Waals surface area contributed by atoms with Gasteiger partial charge in [0.2, 0.25) is 5.91 Å². The second kappa shape index (κ2) is 8.46. The van der Waals surface area contributed by atoms with E-state index in [1.54, 1.807) is 18.1 Å². The molecule has 1 aliphatic rings. The second-order valence-electron chi connectivity index (χ2n) is 5.53. The molecule has 1 atom stereocenters. The van der Waals surface area contributed by atoms with E-state index in [9.17, 15) is 9.18 Å². The van der Waals surface area contributed by atoms with Gasteiger partial charge in [-0.3, -0.25) is 4.79 Å². The molecule has 1 saturated heterocycles. The van der Waals surface area contributed by atoms with E-state index in [1.807, 2.05) is 0 Å². The zero-order valence-electron chi connectivity index (χ0n) is 12.8. The van der Waals surface area contributed by atoms with Gasteiger partial charge in [-0.1, -0.05) is 17.7 Å². The maximum Gasteiger partial charge on any atom is 0.227 e. The third-order valence-electron chi connectivity index (χ3n) is 3.90. The number of hydrogen-bond acceptors (Lipinski definition) is 3. The monoisotopic (exact) mass is 328 g/mol. The molecular formula is C16H22ClFN2O2. The number of piperidine rings is 1. The molecule has 0 aromatic heterocycles. The van der Waals surface area contributed by atoms with Crippen molar-refractivity contribution in [3.05, 3.63) is 34.6 Å². The minimum Gasteiger partial charge on any atom is -0.383 e. The van der Waals surface area contributed by atoms with Crippen LogP contribution in [0.15, 0.2) is 18.2 Å². The van der Waals surface area contributed by atoms with Crippen LogP contribution in [0.4, 0.5) is 4.39 Å². The summed E-state index contributed by atoms with van der Waals surface area (Å²) in [4.78, 5) is 14.5. The van der Waals surface area contributed by atoms with Gasteiger partial charge in [0, 0.05) is 31.8 Å². The van der Waals surface area contributed by atoms with E-state index in [0.29, 0.717) is 31.3 Å². The van der Waals surface area contributed by atoms with Crippen molar-refractivity contribution < 1.29 is 13.9 Å². The zero-order valence-corrected chi connectivity index (χ0v) is 13.5. The van der Waals surface area contributed by atoms with Gasteiger partial charge in [-0.05, 0) is 37.1 Å². The van der Waals surface area contributed by atoms with Crippen LogP contribution >= 0.6 is 11.6 Å². The first-order chi connectivity index (χ1) is 10.6. The van der Waals surface area contributed by atoms with Crippen molar-refractivity contribution in [3.63, 3.8) is 0 Å². The van der Waals surface area contributed by atoms with E-state index in [-0.39, 0.29) is 17.6 Å². The smallest absolute Gasteiger partial charge is 0.227 e. The van der Waals surface area contributed by atoms with Gasteiger partial charge in [0.05, 0.1) is 12.5 Å². The first kappa shape index (κ1) is 17.2. The largest absolute Gasteiger partial charge is 0.383 e. The van der Waals surface area contributed by atoms with Crippen molar-refractivity contribution >= 4 is 17.5 Å². The Morgan fingerprint density at radius 2 is 2.36 bits per heavy atom. The number of carbonyl (C=O) groups excluding carboxylic acids is 1. The lowest BCUT2D eigenvalue weighted by molar-refractivity contribution is -0.137. The lowest BCUT2D eigenvalue weighted by Gasteiger charge is -2.30. The van der Waals surface area contributed by atoms with Gasteiger partial charge in [0.1, 0.15) is 5.82 Å². The van der Waals surface area contributed by atoms with Crippen LogP contribution in [0, 0.1) is 11.7 Å². The molecule has 122 valence electrons. The van der Waals surface area contributed by atoms with Gasteiger partial charge in [0.25, 0.3) is 0 Å². The molecule has 4 nitrogen and oxygen atoms in total. The maximum absolute atomic E-state index is 13.1. The molecule has 1 heterocycles. The quantitative estimate of drug-likeness (QED) is 0.872. The normalized spacial score (nSPS) is 18.2. The van der Waals surface area contributed by atoms with Gasteiger partial charge in [-0.2, -0.15) is 0 Å². The minimum absolute atomic E-state index is 0.00942. The molecule has 1 aromatic carbocycles. The van der Waals surface area contributed by atoms with E-state index in [1.165, 1.54) is 12.1 Å². The topological polar surface area (TPSA) is 41.6 Å². The van der Waals surface area contributed by atoms with Crippen LogP contribution in [-0.4, -0.2) is 44.2 Å². The number of benzene rings is 1. The highest BCUT2D eigenvalue weighted by Crippen LogP contribution is 2.21. The van der Waals surface area contributed by atoms with Crippen LogP contribution in [0.2, 0.25) is 5.02 Å². The molecule has 1 N–H and O–H groups in total. The van der Waals surface area contributed by atoms with Crippen molar-refractivity contribution in [2.24, 2.45) is 5.92 Å². The standard InChI is InChI=1S/C16H22ClFN2O2/c1-22-8-7-20(16(21)12-3-2-6-19-10-12)11-13-4-5-14(18)9-15(13)17/h4-5,9,12,19H,2-3,6-8,10-11H2,1H3. The third kappa shape index (κ3) is 4.66. The van der Waals surface area contributed by atoms with Gasteiger partial charge in [-0.25, -0.2) is 4.39 Å². The number of nitrogens with zero attached hydrogens (tertiary/aromatic N) is 1. The second-order valence-corrected chi connectivity index (χ2v) is 5.94. The Balaban J connectivity index is 2.09. The first-order valence-electron chi connectivity index (χ1n) is 7.54. The van der Waals surface area contributed by atoms with Gasteiger partial charge < -0.3 is 15.0 Å². The van der Waals surface area contributed by atoms with Gasteiger partial charge in [-0.15, -0.1) is 0 Å². The predicted molar refractivity (Wildman–Crippen MR) is 84.3 cm³/mol. The fraction of sp³-hybridized carbons (Fsp3) is 0.562. The average Bonchev–Trinajstić information content (AvgIpc) is 2.53. The Hall–Kier alpha value is -1.17. The summed E-state index contributed by atoms with van der Waals surface area (Å²) in [7, 11) is 1.61. The highest BCUT2D eigenvalue weighted by atomic mass is 35.5. The number of nitrogens with one attached hydrogen (secondary N) is 1. The van der Waals surface area contributed by atoms with Crippen LogP contribution in [0.1, 0.15) is 18.4 Å². The molecule has 1 unspecified atom stereocenters. The molecule has 1 amide bonds. The molecule has 22 heavy (non-hydrogen) atoms. The number of halogens is 2. The number of rotatable bonds is 6. The Bertz CT molecular complexity index is 507. The van der Waals surface area contributed by atoms with Gasteiger partial charge >= 0.3 is 0 Å². The summed E-state index contributed by atoms with van der Waals surface area (Å²) in [5, 5.41) is 3.60.